The number of para-hydroxylation sites is 1. The number of benzene rings is 2. The van der Waals surface area contributed by atoms with Crippen LogP contribution < -0.4 is 4.57 Å². The normalized spacial score (nSPS) is 11.3. The van der Waals surface area contributed by atoms with E-state index in [2.05, 4.69) is 121 Å². The predicted octanol–water partition coefficient (Wildman–Crippen LogP) is 6.09. The topological polar surface area (TPSA) is 26.6 Å². The number of fused-ring (bicyclic) bond motifs is 3. The molecule has 0 fully saturated rings. The summed E-state index contributed by atoms with van der Waals surface area (Å²) >= 11 is 0. The van der Waals surface area contributed by atoms with E-state index in [9.17, 15) is 0 Å². The average molecular weight is 412 g/mol. The fourth-order valence-corrected chi connectivity index (χ4v) is 3.55. The van der Waals surface area contributed by atoms with Gasteiger partial charge in [-0.25, -0.2) is 4.57 Å². The highest BCUT2D eigenvalue weighted by atomic mass is 15.5. The molecule has 2 aromatic carbocycles. The molecule has 0 radical (unpaired) electrons. The zero-order valence-electron chi connectivity index (χ0n) is 19.0. The lowest BCUT2D eigenvalue weighted by Gasteiger charge is -2.06. The van der Waals surface area contributed by atoms with Crippen molar-refractivity contribution >= 4 is 21.9 Å². The van der Waals surface area contributed by atoms with Gasteiger partial charge in [-0.1, -0.05) is 64.1 Å². The highest BCUT2D eigenvalue weighted by molar-refractivity contribution is 6.05. The number of hydrogen-bond donors (Lipinski definition) is 0. The molecule has 0 saturated carbocycles. The van der Waals surface area contributed by atoms with E-state index in [0.29, 0.717) is 0 Å². The molecule has 5 rings (SSSR count). The second kappa shape index (κ2) is 8.76. The predicted molar refractivity (Wildman–Crippen MR) is 129 cm³/mol. The van der Waals surface area contributed by atoms with Crippen molar-refractivity contribution in [3.8, 4) is 11.4 Å². The number of aromatic nitrogens is 4. The second-order valence-electron chi connectivity index (χ2n) is 8.63. The van der Waals surface area contributed by atoms with Gasteiger partial charge in [0.05, 0.1) is 23.6 Å². The van der Waals surface area contributed by atoms with Crippen molar-refractivity contribution in [3.63, 3.8) is 0 Å². The first kappa shape index (κ1) is 20.9. The van der Waals surface area contributed by atoms with Gasteiger partial charge in [0, 0.05) is 11.6 Å². The Kier molecular flexibility index (Phi) is 5.90. The van der Waals surface area contributed by atoms with E-state index in [1.807, 2.05) is 18.3 Å². The fraction of sp³-hybridized carbons (Fsp3) is 0.259. The van der Waals surface area contributed by atoms with Crippen molar-refractivity contribution in [2.45, 2.75) is 27.7 Å². The molecule has 0 N–H and O–H groups in total. The summed E-state index contributed by atoms with van der Waals surface area (Å²) in [5, 5.41) is 1.16. The van der Waals surface area contributed by atoms with E-state index in [-0.39, 0.29) is 0 Å². The minimum Gasteiger partial charge on any atom is -0.254 e. The second-order valence-corrected chi connectivity index (χ2v) is 8.63. The Morgan fingerprint density at radius 3 is 2.13 bits per heavy atom. The molecule has 31 heavy (non-hydrogen) atoms. The fourth-order valence-electron chi connectivity index (χ4n) is 3.55. The first-order valence-electron chi connectivity index (χ1n) is 11.0. The molecule has 0 spiro atoms. The van der Waals surface area contributed by atoms with E-state index in [1.165, 1.54) is 5.56 Å². The van der Waals surface area contributed by atoms with Gasteiger partial charge in [-0.3, -0.25) is 4.98 Å². The summed E-state index contributed by atoms with van der Waals surface area (Å²) in [6.07, 6.45) is 6.04. The maximum absolute atomic E-state index is 4.62. The van der Waals surface area contributed by atoms with E-state index >= 15 is 0 Å². The minimum absolute atomic E-state index is 0.852. The molecule has 0 atom stereocenters. The molecule has 0 saturated heterocycles. The third kappa shape index (κ3) is 3.98. The van der Waals surface area contributed by atoms with Gasteiger partial charge in [-0.2, -0.15) is 4.68 Å². The van der Waals surface area contributed by atoms with Crippen LogP contribution in [0, 0.1) is 11.8 Å². The van der Waals surface area contributed by atoms with Gasteiger partial charge in [0.1, 0.15) is 11.7 Å². The van der Waals surface area contributed by atoms with Crippen molar-refractivity contribution in [3.05, 3.63) is 85.3 Å². The monoisotopic (exact) mass is 411 g/mol. The highest BCUT2D eigenvalue weighted by Gasteiger charge is 2.22. The van der Waals surface area contributed by atoms with Crippen LogP contribution in [0.15, 0.2) is 85.3 Å². The van der Waals surface area contributed by atoms with Crippen LogP contribution >= 0.6 is 0 Å². The molecule has 4 nitrogen and oxygen atoms in total. The number of rotatable bonds is 3. The first-order valence-corrected chi connectivity index (χ1v) is 11.0. The molecule has 0 amide bonds. The van der Waals surface area contributed by atoms with E-state index < -0.39 is 0 Å². The Labute approximate surface area is 184 Å². The van der Waals surface area contributed by atoms with E-state index in [0.717, 1.165) is 39.6 Å². The molecule has 3 heterocycles. The van der Waals surface area contributed by atoms with Gasteiger partial charge < -0.3 is 0 Å². The summed E-state index contributed by atoms with van der Waals surface area (Å²) in [6.45, 7) is 8.96. The molecule has 158 valence electrons. The van der Waals surface area contributed by atoms with Crippen LogP contribution in [0.2, 0.25) is 0 Å². The smallest absolute Gasteiger partial charge is 0.254 e. The van der Waals surface area contributed by atoms with Crippen molar-refractivity contribution in [1.29, 1.82) is 0 Å². The summed E-state index contributed by atoms with van der Waals surface area (Å²) in [5.74, 6) is 2.82. The zero-order chi connectivity index (χ0) is 22.0. The van der Waals surface area contributed by atoms with Crippen LogP contribution in [0.3, 0.4) is 0 Å². The third-order valence-electron chi connectivity index (χ3n) is 5.97. The summed E-state index contributed by atoms with van der Waals surface area (Å²) in [4.78, 5) is 4.62. The molecule has 3 aromatic heterocycles. The summed E-state index contributed by atoms with van der Waals surface area (Å²) in [7, 11) is 2.07. The Morgan fingerprint density at radius 1 is 0.774 bits per heavy atom. The van der Waals surface area contributed by atoms with Crippen molar-refractivity contribution in [1.82, 2.24) is 14.3 Å². The van der Waals surface area contributed by atoms with Crippen molar-refractivity contribution < 1.29 is 4.57 Å². The standard InChI is InChI=1S/C21H17N4.C6H14/c1-23-14-15-24(21(23)16-8-3-2-4-9-16)25-18-11-6-5-10-17(18)20-19(25)12-7-13-22-20;1-5(2)6(3)4/h2-15H,1H3;5-6H,1-4H3/q+1;. The molecule has 0 aliphatic rings. The molecular formula is C27H31N4+. The van der Waals surface area contributed by atoms with Gasteiger partial charge in [0.2, 0.25) is 0 Å². The molecule has 0 aliphatic heterocycles. The summed E-state index contributed by atoms with van der Waals surface area (Å²) in [6, 6.07) is 23.0. The largest absolute Gasteiger partial charge is 0.312 e. The minimum atomic E-state index is 0.852. The molecular weight excluding hydrogens is 380 g/mol. The van der Waals surface area contributed by atoms with Crippen LogP contribution in [0.25, 0.3) is 33.3 Å². The SMILES string of the molecule is CC(C)C(C)C.C[n+]1ccn(-n2c3ccccc3c3ncccc32)c1-c1ccccc1. The van der Waals surface area contributed by atoms with Crippen LogP contribution in [-0.2, 0) is 7.05 Å². The molecule has 0 bridgehead atoms. The van der Waals surface area contributed by atoms with Gasteiger partial charge in [0.25, 0.3) is 0 Å². The van der Waals surface area contributed by atoms with Gasteiger partial charge in [0.15, 0.2) is 6.20 Å². The van der Waals surface area contributed by atoms with E-state index in [4.69, 9.17) is 0 Å². The van der Waals surface area contributed by atoms with Crippen LogP contribution in [0.4, 0.5) is 0 Å². The Balaban J connectivity index is 0.000000342. The lowest BCUT2D eigenvalue weighted by Crippen LogP contribution is -2.30. The van der Waals surface area contributed by atoms with Gasteiger partial charge >= 0.3 is 5.82 Å². The lowest BCUT2D eigenvalue weighted by molar-refractivity contribution is -0.659. The first-order chi connectivity index (χ1) is 15.0. The maximum Gasteiger partial charge on any atom is 0.312 e. The van der Waals surface area contributed by atoms with Crippen LogP contribution in [0.5, 0.6) is 0 Å². The number of aryl methyl sites for hydroxylation is 1. The zero-order valence-corrected chi connectivity index (χ0v) is 19.0. The third-order valence-corrected chi connectivity index (χ3v) is 5.97. The van der Waals surface area contributed by atoms with Crippen LogP contribution in [-0.4, -0.2) is 14.3 Å². The van der Waals surface area contributed by atoms with Crippen LogP contribution in [0.1, 0.15) is 27.7 Å². The number of pyridine rings is 1. The Morgan fingerprint density at radius 2 is 1.42 bits per heavy atom. The van der Waals surface area contributed by atoms with Crippen molar-refractivity contribution in [2.24, 2.45) is 18.9 Å². The highest BCUT2D eigenvalue weighted by Crippen LogP contribution is 2.28. The van der Waals surface area contributed by atoms with Gasteiger partial charge in [-0.05, 0) is 42.2 Å². The summed E-state index contributed by atoms with van der Waals surface area (Å²) in [5.41, 5.74) is 4.43. The number of imidazole rings is 1. The van der Waals surface area contributed by atoms with E-state index in [1.54, 1.807) is 0 Å². The van der Waals surface area contributed by atoms with Gasteiger partial charge in [-0.15, -0.1) is 4.68 Å². The Bertz CT molecular complexity index is 1230. The Hall–Kier alpha value is -3.40. The van der Waals surface area contributed by atoms with Crippen molar-refractivity contribution in [2.75, 3.05) is 0 Å². The molecule has 5 aromatic rings. The molecule has 0 unspecified atom stereocenters. The summed E-state index contributed by atoms with van der Waals surface area (Å²) < 4.78 is 6.58. The molecule has 0 aliphatic carbocycles. The number of hydrogen-bond acceptors (Lipinski definition) is 1. The maximum atomic E-state index is 4.62. The lowest BCUT2D eigenvalue weighted by atomic mass is 10.0. The molecule has 4 heteroatoms. The quantitative estimate of drug-likeness (QED) is 0.330. The number of nitrogens with zero attached hydrogens (tertiary/aromatic N) is 4. The average Bonchev–Trinajstić information content (AvgIpc) is 3.32.